The van der Waals surface area contributed by atoms with E-state index in [9.17, 15) is 22.8 Å². The van der Waals surface area contributed by atoms with Crippen molar-refractivity contribution >= 4 is 12.0 Å². The summed E-state index contributed by atoms with van der Waals surface area (Å²) in [5.74, 6) is -0.414. The van der Waals surface area contributed by atoms with Crippen LogP contribution in [0.25, 0.3) is 0 Å². The Morgan fingerprint density at radius 2 is 1.97 bits per heavy atom. The first-order valence-electron chi connectivity index (χ1n) is 9.24. The number of nitrogens with one attached hydrogen (secondary N) is 1. The lowest BCUT2D eigenvalue weighted by Crippen LogP contribution is -2.38. The fourth-order valence-corrected chi connectivity index (χ4v) is 2.21. The first kappa shape index (κ1) is 24.7. The standard InChI is InChI=1S/C19H28F3N3O4/c1-18(2,3)29-17(27)25(13-15-6-4-8-23-12-15)10-5-9-24-16(26)7-11-28-14-19(20,21)22/h4,6,8,12H,5,7,9-11,13-14H2,1-3H3,(H,24,26). The maximum atomic E-state index is 12.4. The normalized spacial score (nSPS) is 11.8. The lowest BCUT2D eigenvalue weighted by atomic mass is 10.2. The second kappa shape index (κ2) is 11.6. The molecule has 0 aliphatic heterocycles. The fraction of sp³-hybridized carbons (Fsp3) is 0.632. The van der Waals surface area contributed by atoms with Crippen molar-refractivity contribution in [2.75, 3.05) is 26.3 Å². The van der Waals surface area contributed by atoms with E-state index in [0.29, 0.717) is 19.5 Å². The number of carbonyl (C=O) groups excluding carboxylic acids is 2. The van der Waals surface area contributed by atoms with Crippen LogP contribution in [-0.2, 0) is 20.8 Å². The number of hydrogen-bond acceptors (Lipinski definition) is 5. The van der Waals surface area contributed by atoms with Crippen molar-refractivity contribution in [3.05, 3.63) is 30.1 Å². The lowest BCUT2D eigenvalue weighted by Gasteiger charge is -2.27. The van der Waals surface area contributed by atoms with E-state index in [-0.39, 0.29) is 19.6 Å². The van der Waals surface area contributed by atoms with E-state index in [2.05, 4.69) is 15.0 Å². The van der Waals surface area contributed by atoms with Crippen LogP contribution in [0.2, 0.25) is 0 Å². The average Bonchev–Trinajstić information content (AvgIpc) is 2.60. The monoisotopic (exact) mass is 419 g/mol. The summed E-state index contributed by atoms with van der Waals surface area (Å²) in [6.45, 7) is 4.54. The molecule has 1 heterocycles. The Morgan fingerprint density at radius 1 is 1.24 bits per heavy atom. The van der Waals surface area contributed by atoms with Gasteiger partial charge in [-0.3, -0.25) is 9.78 Å². The highest BCUT2D eigenvalue weighted by Gasteiger charge is 2.27. The highest BCUT2D eigenvalue weighted by molar-refractivity contribution is 5.75. The average molecular weight is 419 g/mol. The lowest BCUT2D eigenvalue weighted by molar-refractivity contribution is -0.174. The molecule has 0 saturated carbocycles. The van der Waals surface area contributed by atoms with Crippen molar-refractivity contribution in [3.63, 3.8) is 0 Å². The molecule has 1 N–H and O–H groups in total. The zero-order valence-electron chi connectivity index (χ0n) is 16.9. The van der Waals surface area contributed by atoms with Crippen molar-refractivity contribution in [1.82, 2.24) is 15.2 Å². The predicted molar refractivity (Wildman–Crippen MR) is 100.0 cm³/mol. The van der Waals surface area contributed by atoms with Crippen LogP contribution in [-0.4, -0.2) is 60.0 Å². The molecular formula is C19H28F3N3O4. The Hall–Kier alpha value is -2.36. The smallest absolute Gasteiger partial charge is 0.411 e. The van der Waals surface area contributed by atoms with E-state index in [1.807, 2.05) is 6.07 Å². The van der Waals surface area contributed by atoms with Gasteiger partial charge in [0.25, 0.3) is 0 Å². The minimum absolute atomic E-state index is 0.165. The summed E-state index contributed by atoms with van der Waals surface area (Å²) in [5.41, 5.74) is 0.193. The number of rotatable bonds is 10. The van der Waals surface area contributed by atoms with Crippen LogP contribution in [0.15, 0.2) is 24.5 Å². The molecule has 1 rings (SSSR count). The van der Waals surface area contributed by atoms with Gasteiger partial charge in [-0.15, -0.1) is 0 Å². The number of hydrogen-bond donors (Lipinski definition) is 1. The molecule has 0 radical (unpaired) electrons. The summed E-state index contributed by atoms with van der Waals surface area (Å²) in [6, 6.07) is 3.61. The Morgan fingerprint density at radius 3 is 2.55 bits per heavy atom. The molecule has 2 amide bonds. The first-order chi connectivity index (χ1) is 13.5. The van der Waals surface area contributed by atoms with Crippen molar-refractivity contribution < 1.29 is 32.2 Å². The minimum atomic E-state index is -4.41. The van der Waals surface area contributed by atoms with Crippen LogP contribution in [0.4, 0.5) is 18.0 Å². The summed E-state index contributed by atoms with van der Waals surface area (Å²) >= 11 is 0. The summed E-state index contributed by atoms with van der Waals surface area (Å²) in [6.07, 6.45) is -1.31. The van der Waals surface area contributed by atoms with Gasteiger partial charge in [-0.05, 0) is 38.8 Å². The highest BCUT2D eigenvalue weighted by atomic mass is 19.4. The molecule has 0 unspecified atom stereocenters. The van der Waals surface area contributed by atoms with Crippen molar-refractivity contribution in [1.29, 1.82) is 0 Å². The van der Waals surface area contributed by atoms with Crippen molar-refractivity contribution in [2.45, 2.75) is 51.9 Å². The number of ether oxygens (including phenoxy) is 2. The molecule has 0 aliphatic rings. The molecule has 1 aromatic heterocycles. The number of nitrogens with zero attached hydrogens (tertiary/aromatic N) is 2. The van der Waals surface area contributed by atoms with Crippen LogP contribution in [0, 0.1) is 0 Å². The second-order valence-corrected chi connectivity index (χ2v) is 7.38. The van der Waals surface area contributed by atoms with Crippen LogP contribution < -0.4 is 5.32 Å². The molecule has 0 spiro atoms. The van der Waals surface area contributed by atoms with Crippen molar-refractivity contribution in [3.8, 4) is 0 Å². The van der Waals surface area contributed by atoms with E-state index < -0.39 is 30.4 Å². The minimum Gasteiger partial charge on any atom is -0.444 e. The van der Waals surface area contributed by atoms with Gasteiger partial charge in [0.2, 0.25) is 5.91 Å². The number of alkyl halides is 3. The molecule has 0 aromatic carbocycles. The van der Waals surface area contributed by atoms with Gasteiger partial charge >= 0.3 is 12.3 Å². The Balaban J connectivity index is 2.41. The van der Waals surface area contributed by atoms with Gasteiger partial charge in [-0.1, -0.05) is 6.07 Å². The van der Waals surface area contributed by atoms with Gasteiger partial charge in [-0.25, -0.2) is 4.79 Å². The van der Waals surface area contributed by atoms with Gasteiger partial charge in [0, 0.05) is 31.9 Å². The highest BCUT2D eigenvalue weighted by Crippen LogP contribution is 2.14. The SMILES string of the molecule is CC(C)(C)OC(=O)N(CCCNC(=O)CCOCC(F)(F)F)Cc1cccnc1. The molecular weight excluding hydrogens is 391 g/mol. The molecule has 0 atom stereocenters. The number of carbonyl (C=O) groups is 2. The Bertz CT molecular complexity index is 634. The predicted octanol–water partition coefficient (Wildman–Crippen LogP) is 3.29. The number of pyridine rings is 1. The quantitative estimate of drug-likeness (QED) is 0.589. The maximum Gasteiger partial charge on any atom is 0.411 e. The molecule has 1 aromatic rings. The third-order valence-electron chi connectivity index (χ3n) is 3.41. The van der Waals surface area contributed by atoms with Gasteiger partial charge < -0.3 is 19.7 Å². The van der Waals surface area contributed by atoms with Crippen molar-refractivity contribution in [2.24, 2.45) is 0 Å². The van der Waals surface area contributed by atoms with E-state index in [0.717, 1.165) is 5.56 Å². The summed E-state index contributed by atoms with van der Waals surface area (Å²) in [7, 11) is 0. The first-order valence-corrected chi connectivity index (χ1v) is 9.24. The van der Waals surface area contributed by atoms with Crippen LogP contribution in [0.3, 0.4) is 0 Å². The topological polar surface area (TPSA) is 80.8 Å². The zero-order valence-corrected chi connectivity index (χ0v) is 16.9. The molecule has 0 bridgehead atoms. The molecule has 29 heavy (non-hydrogen) atoms. The molecule has 0 fully saturated rings. The molecule has 7 nitrogen and oxygen atoms in total. The van der Waals surface area contributed by atoms with E-state index in [1.165, 1.54) is 4.90 Å². The summed E-state index contributed by atoms with van der Waals surface area (Å²) < 4.78 is 45.7. The molecule has 164 valence electrons. The number of aromatic nitrogens is 1. The summed E-state index contributed by atoms with van der Waals surface area (Å²) in [5, 5.41) is 2.60. The zero-order chi connectivity index (χ0) is 21.9. The molecule has 0 saturated heterocycles. The van der Waals surface area contributed by atoms with Gasteiger partial charge in [-0.2, -0.15) is 13.2 Å². The summed E-state index contributed by atoms with van der Waals surface area (Å²) in [4.78, 5) is 29.6. The van der Waals surface area contributed by atoms with Gasteiger partial charge in [0.15, 0.2) is 0 Å². The molecule has 0 aliphatic carbocycles. The fourth-order valence-electron chi connectivity index (χ4n) is 2.21. The van der Waals surface area contributed by atoms with Gasteiger partial charge in [0.05, 0.1) is 13.2 Å². The maximum absolute atomic E-state index is 12.4. The van der Waals surface area contributed by atoms with Crippen LogP contribution >= 0.6 is 0 Å². The third kappa shape index (κ3) is 12.7. The Labute approximate surface area is 168 Å². The number of amides is 2. The van der Waals surface area contributed by atoms with Gasteiger partial charge in [0.1, 0.15) is 12.2 Å². The third-order valence-corrected chi connectivity index (χ3v) is 3.41. The molecule has 10 heteroatoms. The van der Waals surface area contributed by atoms with Crippen LogP contribution in [0.1, 0.15) is 39.2 Å². The van der Waals surface area contributed by atoms with E-state index in [4.69, 9.17) is 4.74 Å². The number of halogens is 3. The van der Waals surface area contributed by atoms with E-state index >= 15 is 0 Å². The largest absolute Gasteiger partial charge is 0.444 e. The second-order valence-electron chi connectivity index (χ2n) is 7.38. The van der Waals surface area contributed by atoms with E-state index in [1.54, 1.807) is 39.2 Å². The Kier molecular flexibility index (Phi) is 9.87. The van der Waals surface area contributed by atoms with Crippen LogP contribution in [0.5, 0.6) is 0 Å².